The van der Waals surface area contributed by atoms with Gasteiger partial charge in [0, 0.05) is 12.0 Å². The molecular weight excluding hydrogens is 402 g/mol. The molecule has 0 amide bonds. The van der Waals surface area contributed by atoms with Crippen molar-refractivity contribution in [2.24, 2.45) is 5.10 Å². The van der Waals surface area contributed by atoms with Crippen LogP contribution in [-0.2, 0) is 0 Å². The topological polar surface area (TPSA) is 43.3 Å². The van der Waals surface area contributed by atoms with Crippen molar-refractivity contribution >= 4 is 5.71 Å². The maximum Gasteiger partial charge on any atom is 0.387 e. The van der Waals surface area contributed by atoms with Crippen molar-refractivity contribution in [1.29, 1.82) is 0 Å². The minimum Gasteiger partial charge on any atom is -0.497 e. The van der Waals surface area contributed by atoms with Crippen LogP contribution in [0.1, 0.15) is 35.4 Å². The third-order valence-corrected chi connectivity index (χ3v) is 5.52. The molecule has 7 heteroatoms. The monoisotopic (exact) mass is 422 g/mol. The fourth-order valence-electron chi connectivity index (χ4n) is 4.09. The summed E-state index contributed by atoms with van der Waals surface area (Å²) in [5.74, 6) is 1.56. The van der Waals surface area contributed by atoms with Gasteiger partial charge in [0.05, 0.1) is 24.4 Å². The van der Waals surface area contributed by atoms with Crippen LogP contribution in [0, 0.1) is 0 Å². The Morgan fingerprint density at radius 1 is 0.968 bits per heavy atom. The van der Waals surface area contributed by atoms with Gasteiger partial charge in [0.25, 0.3) is 0 Å². The van der Waals surface area contributed by atoms with E-state index in [2.05, 4.69) is 0 Å². The molecule has 0 fully saturated rings. The standard InChI is InChI=1S/C24H20F2N2O3/c1-29-16-12-10-15(11-13-16)19-14-20-17-6-2-4-8-21(17)30-23(28(20)27-19)18-7-3-5-9-22(18)31-24(25)26/h2-13,20,23-24H,14H2,1H3/t20-,23-/m0/s1. The summed E-state index contributed by atoms with van der Waals surface area (Å²) in [5.41, 5.74) is 3.38. The molecule has 0 aromatic heterocycles. The van der Waals surface area contributed by atoms with Gasteiger partial charge < -0.3 is 14.2 Å². The summed E-state index contributed by atoms with van der Waals surface area (Å²) >= 11 is 0. The largest absolute Gasteiger partial charge is 0.497 e. The van der Waals surface area contributed by atoms with Crippen molar-refractivity contribution in [2.75, 3.05) is 7.11 Å². The van der Waals surface area contributed by atoms with Crippen molar-refractivity contribution in [3.05, 3.63) is 89.5 Å². The summed E-state index contributed by atoms with van der Waals surface area (Å²) in [4.78, 5) is 0. The first-order chi connectivity index (χ1) is 15.1. The zero-order chi connectivity index (χ0) is 21.4. The lowest BCUT2D eigenvalue weighted by Gasteiger charge is -2.38. The second-order valence-corrected chi connectivity index (χ2v) is 7.30. The Hall–Kier alpha value is -3.61. The minimum absolute atomic E-state index is 0.0772. The van der Waals surface area contributed by atoms with Gasteiger partial charge >= 0.3 is 6.61 Å². The number of ether oxygens (including phenoxy) is 3. The number of para-hydroxylation sites is 2. The number of hydrogen-bond donors (Lipinski definition) is 0. The number of halogens is 2. The SMILES string of the molecule is COc1ccc(C2=NN3[C@@H](C2)c2ccccc2O[C@H]3c2ccccc2OC(F)F)cc1. The van der Waals surface area contributed by atoms with E-state index in [1.54, 1.807) is 25.3 Å². The van der Waals surface area contributed by atoms with Crippen LogP contribution in [0.25, 0.3) is 0 Å². The van der Waals surface area contributed by atoms with E-state index in [-0.39, 0.29) is 11.8 Å². The summed E-state index contributed by atoms with van der Waals surface area (Å²) in [7, 11) is 1.63. The number of alkyl halides is 2. The molecule has 0 aliphatic carbocycles. The normalized spacial score (nSPS) is 19.4. The molecule has 31 heavy (non-hydrogen) atoms. The van der Waals surface area contributed by atoms with E-state index in [9.17, 15) is 8.78 Å². The molecule has 0 bridgehead atoms. The number of rotatable bonds is 5. The van der Waals surface area contributed by atoms with Crippen LogP contribution in [0.3, 0.4) is 0 Å². The summed E-state index contributed by atoms with van der Waals surface area (Å²) in [6, 6.07) is 22.1. The van der Waals surface area contributed by atoms with E-state index in [1.807, 2.05) is 53.5 Å². The number of benzene rings is 3. The first kappa shape index (κ1) is 19.4. The molecule has 5 nitrogen and oxygen atoms in total. The molecule has 2 heterocycles. The number of methoxy groups -OCH3 is 1. The van der Waals surface area contributed by atoms with Gasteiger partial charge in [-0.1, -0.05) is 30.3 Å². The number of hydrazone groups is 1. The molecule has 0 saturated carbocycles. The zero-order valence-corrected chi connectivity index (χ0v) is 16.7. The van der Waals surface area contributed by atoms with E-state index >= 15 is 0 Å². The van der Waals surface area contributed by atoms with Crippen LogP contribution >= 0.6 is 0 Å². The van der Waals surface area contributed by atoms with Gasteiger partial charge in [-0.3, -0.25) is 0 Å². The Morgan fingerprint density at radius 3 is 2.42 bits per heavy atom. The quantitative estimate of drug-likeness (QED) is 0.542. The van der Waals surface area contributed by atoms with Crippen molar-refractivity contribution in [3.63, 3.8) is 0 Å². The summed E-state index contributed by atoms with van der Waals surface area (Å²) < 4.78 is 42.3. The van der Waals surface area contributed by atoms with E-state index in [4.69, 9.17) is 19.3 Å². The van der Waals surface area contributed by atoms with Crippen LogP contribution in [0.2, 0.25) is 0 Å². The first-order valence-corrected chi connectivity index (χ1v) is 9.93. The molecule has 2 aliphatic heterocycles. The Bertz CT molecular complexity index is 1120. The van der Waals surface area contributed by atoms with Crippen molar-refractivity contribution in [3.8, 4) is 17.2 Å². The van der Waals surface area contributed by atoms with Crippen molar-refractivity contribution < 1.29 is 23.0 Å². The van der Waals surface area contributed by atoms with Gasteiger partial charge in [-0.15, -0.1) is 0 Å². The van der Waals surface area contributed by atoms with Crippen LogP contribution < -0.4 is 14.2 Å². The highest BCUT2D eigenvalue weighted by Gasteiger charge is 2.42. The highest BCUT2D eigenvalue weighted by atomic mass is 19.3. The van der Waals surface area contributed by atoms with E-state index in [1.165, 1.54) is 6.07 Å². The van der Waals surface area contributed by atoms with Gasteiger partial charge in [-0.2, -0.15) is 13.9 Å². The lowest BCUT2D eigenvalue weighted by molar-refractivity contribution is -0.0578. The van der Waals surface area contributed by atoms with Crippen LogP contribution in [0.15, 0.2) is 77.9 Å². The number of nitrogens with zero attached hydrogens (tertiary/aromatic N) is 2. The first-order valence-electron chi connectivity index (χ1n) is 9.93. The Morgan fingerprint density at radius 2 is 1.68 bits per heavy atom. The second kappa shape index (κ2) is 7.91. The summed E-state index contributed by atoms with van der Waals surface area (Å²) in [6.45, 7) is -2.93. The fraction of sp³-hybridized carbons (Fsp3) is 0.208. The number of fused-ring (bicyclic) bond motifs is 3. The maximum absolute atomic E-state index is 13.0. The molecule has 2 aliphatic rings. The molecule has 0 radical (unpaired) electrons. The molecule has 0 N–H and O–H groups in total. The Kier molecular flexibility index (Phi) is 4.94. The predicted octanol–water partition coefficient (Wildman–Crippen LogP) is 5.54. The third-order valence-electron chi connectivity index (χ3n) is 5.52. The molecule has 2 atom stereocenters. The van der Waals surface area contributed by atoms with E-state index < -0.39 is 12.8 Å². The smallest absolute Gasteiger partial charge is 0.387 e. The molecule has 0 spiro atoms. The molecule has 158 valence electrons. The average molecular weight is 422 g/mol. The van der Waals surface area contributed by atoms with Gasteiger partial charge in [-0.25, -0.2) is 5.01 Å². The lowest BCUT2D eigenvalue weighted by Crippen LogP contribution is -2.34. The van der Waals surface area contributed by atoms with Gasteiger partial charge in [0.15, 0.2) is 0 Å². The summed E-state index contributed by atoms with van der Waals surface area (Å²) in [5, 5.41) is 6.70. The third kappa shape index (κ3) is 3.56. The Labute approximate surface area is 178 Å². The second-order valence-electron chi connectivity index (χ2n) is 7.30. The van der Waals surface area contributed by atoms with Crippen LogP contribution in [0.4, 0.5) is 8.78 Å². The molecule has 3 aromatic carbocycles. The molecule has 0 saturated heterocycles. The molecular formula is C24H20F2N2O3. The fourth-order valence-corrected chi connectivity index (χ4v) is 4.09. The van der Waals surface area contributed by atoms with Crippen LogP contribution in [0.5, 0.6) is 17.2 Å². The summed E-state index contributed by atoms with van der Waals surface area (Å²) in [6.07, 6.45) is -0.0215. The highest BCUT2D eigenvalue weighted by molar-refractivity contribution is 6.02. The Balaban J connectivity index is 1.57. The zero-order valence-electron chi connectivity index (χ0n) is 16.7. The van der Waals surface area contributed by atoms with E-state index in [0.29, 0.717) is 17.7 Å². The van der Waals surface area contributed by atoms with Crippen molar-refractivity contribution in [2.45, 2.75) is 25.3 Å². The van der Waals surface area contributed by atoms with Crippen molar-refractivity contribution in [1.82, 2.24) is 5.01 Å². The lowest BCUT2D eigenvalue weighted by atomic mass is 9.96. The number of hydrogen-bond acceptors (Lipinski definition) is 5. The minimum atomic E-state index is -2.93. The maximum atomic E-state index is 13.0. The van der Waals surface area contributed by atoms with Gasteiger partial charge in [0.2, 0.25) is 6.23 Å². The molecule has 3 aromatic rings. The molecule has 5 rings (SSSR count). The predicted molar refractivity (Wildman–Crippen MR) is 112 cm³/mol. The van der Waals surface area contributed by atoms with Crippen LogP contribution in [-0.4, -0.2) is 24.4 Å². The average Bonchev–Trinajstić information content (AvgIpc) is 3.24. The molecule has 0 unspecified atom stereocenters. The highest BCUT2D eigenvalue weighted by Crippen LogP contribution is 2.48. The van der Waals surface area contributed by atoms with E-state index in [0.717, 1.165) is 22.6 Å². The van der Waals surface area contributed by atoms with Gasteiger partial charge in [0.1, 0.15) is 17.2 Å². The van der Waals surface area contributed by atoms with Gasteiger partial charge in [-0.05, 0) is 48.0 Å².